The number of para-hydroxylation sites is 1. The smallest absolute Gasteiger partial charge is 0.306 e. The van der Waals surface area contributed by atoms with Crippen LogP contribution in [0, 0.1) is 0 Å². The third kappa shape index (κ3) is 7.21. The molecule has 8 heteroatoms. The zero-order chi connectivity index (χ0) is 27.5. The van der Waals surface area contributed by atoms with E-state index in [1.165, 1.54) is 0 Å². The lowest BCUT2D eigenvalue weighted by Crippen LogP contribution is -2.38. The summed E-state index contributed by atoms with van der Waals surface area (Å²) in [4.78, 5) is 45.8. The lowest BCUT2D eigenvalue weighted by atomic mass is 10.1. The van der Waals surface area contributed by atoms with Crippen LogP contribution in [0.25, 0.3) is 16.6 Å². The van der Waals surface area contributed by atoms with Gasteiger partial charge in [-0.25, -0.2) is 4.98 Å². The summed E-state index contributed by atoms with van der Waals surface area (Å²) in [7, 11) is 0. The highest BCUT2D eigenvalue weighted by molar-refractivity contribution is 5.82. The van der Waals surface area contributed by atoms with Crippen molar-refractivity contribution in [3.05, 3.63) is 64.7 Å². The number of carbonyl (C=O) groups is 2. The number of aromatic nitrogens is 2. The first kappa shape index (κ1) is 28.9. The number of rotatable bonds is 14. The van der Waals surface area contributed by atoms with Crippen molar-refractivity contribution in [2.75, 3.05) is 19.8 Å². The SMILES string of the molecule is CCCCCCN(C(=O)CCC(=O)OCC)C(C)c1nc2ccccc2c(=O)n1-c1ccc(OCC)cc1. The van der Waals surface area contributed by atoms with E-state index in [-0.39, 0.29) is 30.9 Å². The van der Waals surface area contributed by atoms with Crippen LogP contribution < -0.4 is 10.3 Å². The summed E-state index contributed by atoms with van der Waals surface area (Å²) >= 11 is 0. The van der Waals surface area contributed by atoms with Crippen molar-refractivity contribution in [2.24, 2.45) is 0 Å². The zero-order valence-electron chi connectivity index (χ0n) is 22.9. The maximum absolute atomic E-state index is 13.8. The molecule has 3 aromatic rings. The quantitative estimate of drug-likeness (QED) is 0.203. The molecule has 0 bridgehead atoms. The first-order chi connectivity index (χ1) is 18.4. The second kappa shape index (κ2) is 14.3. The molecule has 0 aliphatic carbocycles. The summed E-state index contributed by atoms with van der Waals surface area (Å²) < 4.78 is 12.2. The zero-order valence-corrected chi connectivity index (χ0v) is 22.9. The molecule has 1 aromatic heterocycles. The second-order valence-electron chi connectivity index (χ2n) is 9.18. The Hall–Kier alpha value is -3.68. The van der Waals surface area contributed by atoms with Crippen LogP contribution in [0.5, 0.6) is 5.75 Å². The van der Waals surface area contributed by atoms with Gasteiger partial charge in [0.2, 0.25) is 5.91 Å². The van der Waals surface area contributed by atoms with E-state index in [4.69, 9.17) is 14.5 Å². The molecular weight excluding hydrogens is 482 g/mol. The first-order valence-corrected chi connectivity index (χ1v) is 13.6. The minimum Gasteiger partial charge on any atom is -0.494 e. The van der Waals surface area contributed by atoms with Crippen LogP contribution in [0.1, 0.15) is 78.1 Å². The van der Waals surface area contributed by atoms with Crippen molar-refractivity contribution in [2.45, 2.75) is 72.3 Å². The summed E-state index contributed by atoms with van der Waals surface area (Å²) in [6, 6.07) is 14.0. The van der Waals surface area contributed by atoms with E-state index in [1.807, 2.05) is 56.3 Å². The average Bonchev–Trinajstić information content (AvgIpc) is 2.92. The Kier molecular flexibility index (Phi) is 10.9. The molecule has 2 aromatic carbocycles. The number of hydrogen-bond donors (Lipinski definition) is 0. The van der Waals surface area contributed by atoms with Gasteiger partial charge in [0.25, 0.3) is 5.56 Å². The largest absolute Gasteiger partial charge is 0.494 e. The van der Waals surface area contributed by atoms with Gasteiger partial charge in [-0.1, -0.05) is 38.3 Å². The van der Waals surface area contributed by atoms with E-state index in [0.29, 0.717) is 41.3 Å². The highest BCUT2D eigenvalue weighted by Crippen LogP contribution is 2.25. The topological polar surface area (TPSA) is 90.7 Å². The second-order valence-corrected chi connectivity index (χ2v) is 9.18. The van der Waals surface area contributed by atoms with Gasteiger partial charge >= 0.3 is 5.97 Å². The third-order valence-corrected chi connectivity index (χ3v) is 6.47. The molecule has 38 heavy (non-hydrogen) atoms. The molecule has 0 aliphatic rings. The maximum atomic E-state index is 13.8. The Balaban J connectivity index is 2.05. The van der Waals surface area contributed by atoms with Crippen LogP contribution >= 0.6 is 0 Å². The minimum absolute atomic E-state index is 0.0156. The molecule has 204 valence electrons. The molecule has 0 saturated carbocycles. The molecule has 1 heterocycles. The van der Waals surface area contributed by atoms with Crippen LogP contribution in [0.2, 0.25) is 0 Å². The monoisotopic (exact) mass is 521 g/mol. The Morgan fingerprint density at radius 2 is 1.68 bits per heavy atom. The highest BCUT2D eigenvalue weighted by atomic mass is 16.5. The number of fused-ring (bicyclic) bond motifs is 1. The van der Waals surface area contributed by atoms with E-state index < -0.39 is 12.0 Å². The number of unbranched alkanes of at least 4 members (excludes halogenated alkanes) is 3. The normalized spacial score (nSPS) is 11.8. The van der Waals surface area contributed by atoms with Crippen LogP contribution in [0.4, 0.5) is 0 Å². The summed E-state index contributed by atoms with van der Waals surface area (Å²) in [6.45, 7) is 9.02. The van der Waals surface area contributed by atoms with E-state index in [2.05, 4.69) is 6.92 Å². The Labute approximate surface area is 224 Å². The van der Waals surface area contributed by atoms with Gasteiger partial charge in [0.05, 0.1) is 42.3 Å². The standard InChI is InChI=1S/C30H39N3O5/c1-5-8-9-12-21-32(27(34)19-20-28(35)38-7-3)22(4)29-31-26-14-11-10-13-25(26)30(36)33(29)23-15-17-24(18-16-23)37-6-2/h10-11,13-18,22H,5-9,12,19-21H2,1-4H3. The number of esters is 1. The van der Waals surface area contributed by atoms with Crippen LogP contribution in [0.3, 0.4) is 0 Å². The number of hydrogen-bond acceptors (Lipinski definition) is 6. The summed E-state index contributed by atoms with van der Waals surface area (Å²) in [5.74, 6) is 0.620. The van der Waals surface area contributed by atoms with Crippen molar-refractivity contribution in [3.63, 3.8) is 0 Å². The lowest BCUT2D eigenvalue weighted by Gasteiger charge is -2.31. The maximum Gasteiger partial charge on any atom is 0.306 e. The molecule has 1 unspecified atom stereocenters. The number of benzene rings is 2. The van der Waals surface area contributed by atoms with Gasteiger partial charge in [0.15, 0.2) is 0 Å². The minimum atomic E-state index is -0.504. The van der Waals surface area contributed by atoms with Gasteiger partial charge in [-0.15, -0.1) is 0 Å². The first-order valence-electron chi connectivity index (χ1n) is 13.6. The van der Waals surface area contributed by atoms with Crippen molar-refractivity contribution in [3.8, 4) is 11.4 Å². The van der Waals surface area contributed by atoms with E-state index in [9.17, 15) is 14.4 Å². The lowest BCUT2D eigenvalue weighted by molar-refractivity contribution is -0.146. The molecule has 0 spiro atoms. The molecular formula is C30H39N3O5. The Bertz CT molecular complexity index is 1270. The molecule has 3 rings (SSSR count). The van der Waals surface area contributed by atoms with Gasteiger partial charge in [-0.2, -0.15) is 0 Å². The van der Waals surface area contributed by atoms with Gasteiger partial charge in [-0.3, -0.25) is 19.0 Å². The Morgan fingerprint density at radius 1 is 0.947 bits per heavy atom. The molecule has 1 atom stereocenters. The molecule has 0 radical (unpaired) electrons. The van der Waals surface area contributed by atoms with Crippen LogP contribution in [-0.4, -0.2) is 46.1 Å². The van der Waals surface area contributed by atoms with Crippen LogP contribution in [-0.2, 0) is 14.3 Å². The molecule has 1 amide bonds. The van der Waals surface area contributed by atoms with Crippen molar-refractivity contribution < 1.29 is 19.1 Å². The van der Waals surface area contributed by atoms with E-state index in [0.717, 1.165) is 25.7 Å². The number of amides is 1. The predicted molar refractivity (Wildman–Crippen MR) is 149 cm³/mol. The van der Waals surface area contributed by atoms with E-state index >= 15 is 0 Å². The van der Waals surface area contributed by atoms with Crippen molar-refractivity contribution >= 4 is 22.8 Å². The predicted octanol–water partition coefficient (Wildman–Crippen LogP) is 5.60. The summed E-state index contributed by atoms with van der Waals surface area (Å²) in [5.41, 5.74) is 1.02. The summed E-state index contributed by atoms with van der Waals surface area (Å²) in [5, 5.41) is 0.500. The van der Waals surface area contributed by atoms with Gasteiger partial charge < -0.3 is 14.4 Å². The Morgan fingerprint density at radius 3 is 2.37 bits per heavy atom. The van der Waals surface area contributed by atoms with Gasteiger partial charge in [-0.05, 0) is 63.6 Å². The molecule has 8 nitrogen and oxygen atoms in total. The van der Waals surface area contributed by atoms with E-state index in [1.54, 1.807) is 22.5 Å². The molecule has 0 aliphatic heterocycles. The van der Waals surface area contributed by atoms with Crippen molar-refractivity contribution in [1.29, 1.82) is 0 Å². The van der Waals surface area contributed by atoms with Crippen molar-refractivity contribution in [1.82, 2.24) is 14.5 Å². The number of carbonyl (C=O) groups excluding carboxylic acids is 2. The average molecular weight is 522 g/mol. The third-order valence-electron chi connectivity index (χ3n) is 6.47. The number of ether oxygens (including phenoxy) is 2. The fourth-order valence-electron chi connectivity index (χ4n) is 4.51. The van der Waals surface area contributed by atoms with Gasteiger partial charge in [0.1, 0.15) is 11.6 Å². The molecule has 0 saturated heterocycles. The highest BCUT2D eigenvalue weighted by Gasteiger charge is 2.27. The fraction of sp³-hybridized carbons (Fsp3) is 0.467. The van der Waals surface area contributed by atoms with Crippen LogP contribution in [0.15, 0.2) is 53.3 Å². The molecule has 0 N–H and O–H groups in total. The van der Waals surface area contributed by atoms with Gasteiger partial charge in [0, 0.05) is 13.0 Å². The molecule has 0 fully saturated rings. The fourth-order valence-corrected chi connectivity index (χ4v) is 4.51. The summed E-state index contributed by atoms with van der Waals surface area (Å²) in [6.07, 6.45) is 4.02. The number of nitrogens with zero attached hydrogens (tertiary/aromatic N) is 3.